The highest BCUT2D eigenvalue weighted by Gasteiger charge is 2.31. The van der Waals surface area contributed by atoms with Gasteiger partial charge in [0.05, 0.1) is 11.1 Å². The standard InChI is InChI=1S/C13H14ClFN2O/c14-13-8-3-1-2-4-10(8)16-11(13)6-17-5-9(15)12(18)7-17/h1-4,9,12,16,18H,5-7H2/t9-,12-/m1/s1. The maximum Gasteiger partial charge on any atom is 0.140 e. The first-order valence-corrected chi connectivity index (χ1v) is 6.32. The van der Waals surface area contributed by atoms with E-state index in [0.717, 1.165) is 16.6 Å². The monoisotopic (exact) mass is 268 g/mol. The van der Waals surface area contributed by atoms with Gasteiger partial charge in [-0.1, -0.05) is 29.8 Å². The summed E-state index contributed by atoms with van der Waals surface area (Å²) in [6.45, 7) is 1.14. The van der Waals surface area contributed by atoms with Crippen molar-refractivity contribution >= 4 is 22.5 Å². The highest BCUT2D eigenvalue weighted by atomic mass is 35.5. The number of halogens is 2. The quantitative estimate of drug-likeness (QED) is 0.878. The maximum absolute atomic E-state index is 13.2. The van der Waals surface area contributed by atoms with Crippen LogP contribution in [0.15, 0.2) is 24.3 Å². The summed E-state index contributed by atoms with van der Waals surface area (Å²) in [5, 5.41) is 11.1. The summed E-state index contributed by atoms with van der Waals surface area (Å²) in [6, 6.07) is 7.79. The number of para-hydroxylation sites is 1. The number of H-pyrrole nitrogens is 1. The number of rotatable bonds is 2. The number of hydrogen-bond acceptors (Lipinski definition) is 2. The molecule has 0 bridgehead atoms. The molecule has 3 rings (SSSR count). The minimum atomic E-state index is -1.16. The fourth-order valence-corrected chi connectivity index (χ4v) is 2.72. The molecule has 0 radical (unpaired) electrons. The summed E-state index contributed by atoms with van der Waals surface area (Å²) < 4.78 is 13.2. The molecular weight excluding hydrogens is 255 g/mol. The van der Waals surface area contributed by atoms with Crippen molar-refractivity contribution in [3.05, 3.63) is 35.0 Å². The molecule has 1 aliphatic rings. The molecule has 2 heterocycles. The Kier molecular flexibility index (Phi) is 3.01. The summed E-state index contributed by atoms with van der Waals surface area (Å²) in [5.41, 5.74) is 1.85. The molecule has 3 nitrogen and oxygen atoms in total. The molecule has 18 heavy (non-hydrogen) atoms. The van der Waals surface area contributed by atoms with E-state index in [1.54, 1.807) is 0 Å². The van der Waals surface area contributed by atoms with Crippen LogP contribution in [0.1, 0.15) is 5.69 Å². The van der Waals surface area contributed by atoms with E-state index in [4.69, 9.17) is 11.6 Å². The maximum atomic E-state index is 13.2. The van der Waals surface area contributed by atoms with Crippen LogP contribution in [0.4, 0.5) is 4.39 Å². The summed E-state index contributed by atoms with van der Waals surface area (Å²) in [7, 11) is 0. The fourth-order valence-electron chi connectivity index (χ4n) is 2.45. The van der Waals surface area contributed by atoms with Gasteiger partial charge >= 0.3 is 0 Å². The van der Waals surface area contributed by atoms with Crippen molar-refractivity contribution in [3.8, 4) is 0 Å². The van der Waals surface area contributed by atoms with Gasteiger partial charge < -0.3 is 10.1 Å². The van der Waals surface area contributed by atoms with Crippen molar-refractivity contribution in [3.63, 3.8) is 0 Å². The molecule has 0 amide bonds. The van der Waals surface area contributed by atoms with Crippen LogP contribution in [0.25, 0.3) is 10.9 Å². The van der Waals surface area contributed by atoms with Gasteiger partial charge in [0.15, 0.2) is 0 Å². The van der Waals surface area contributed by atoms with E-state index in [2.05, 4.69) is 4.98 Å². The van der Waals surface area contributed by atoms with Crippen LogP contribution in [0, 0.1) is 0 Å². The zero-order valence-electron chi connectivity index (χ0n) is 9.74. The third-order valence-electron chi connectivity index (χ3n) is 3.39. The van der Waals surface area contributed by atoms with Crippen LogP contribution in [-0.2, 0) is 6.54 Å². The van der Waals surface area contributed by atoms with Gasteiger partial charge in [-0.3, -0.25) is 4.90 Å². The van der Waals surface area contributed by atoms with E-state index in [9.17, 15) is 9.50 Å². The van der Waals surface area contributed by atoms with Crippen molar-refractivity contribution in [2.24, 2.45) is 0 Å². The molecule has 1 saturated heterocycles. The van der Waals surface area contributed by atoms with Crippen molar-refractivity contribution < 1.29 is 9.50 Å². The van der Waals surface area contributed by atoms with E-state index in [-0.39, 0.29) is 6.54 Å². The molecule has 1 aromatic carbocycles. The molecular formula is C13H14ClFN2O. The lowest BCUT2D eigenvalue weighted by Crippen LogP contribution is -2.21. The summed E-state index contributed by atoms with van der Waals surface area (Å²) in [4.78, 5) is 5.11. The molecule has 0 aliphatic carbocycles. The zero-order chi connectivity index (χ0) is 12.7. The molecule has 0 spiro atoms. The lowest BCUT2D eigenvalue weighted by Gasteiger charge is -2.13. The normalized spacial score (nSPS) is 25.1. The van der Waals surface area contributed by atoms with Gasteiger partial charge in [0.2, 0.25) is 0 Å². The highest BCUT2D eigenvalue weighted by Crippen LogP contribution is 2.29. The van der Waals surface area contributed by atoms with Gasteiger partial charge in [0.25, 0.3) is 0 Å². The number of nitrogens with zero attached hydrogens (tertiary/aromatic N) is 1. The number of aliphatic hydroxyl groups excluding tert-OH is 1. The number of alkyl halides is 1. The lowest BCUT2D eigenvalue weighted by molar-refractivity contribution is 0.115. The van der Waals surface area contributed by atoms with Gasteiger partial charge in [-0.05, 0) is 6.07 Å². The van der Waals surface area contributed by atoms with E-state index in [1.807, 2.05) is 29.2 Å². The largest absolute Gasteiger partial charge is 0.389 e. The summed E-state index contributed by atoms with van der Waals surface area (Å²) in [6.07, 6.45) is -2.04. The minimum Gasteiger partial charge on any atom is -0.389 e. The molecule has 0 saturated carbocycles. The van der Waals surface area contributed by atoms with Crippen molar-refractivity contribution in [2.75, 3.05) is 13.1 Å². The van der Waals surface area contributed by atoms with E-state index < -0.39 is 12.3 Å². The fraction of sp³-hybridized carbons (Fsp3) is 0.385. The van der Waals surface area contributed by atoms with Crippen LogP contribution in [-0.4, -0.2) is 40.4 Å². The molecule has 2 atom stereocenters. The van der Waals surface area contributed by atoms with Gasteiger partial charge in [-0.25, -0.2) is 4.39 Å². The Labute approximate surface area is 109 Å². The zero-order valence-corrected chi connectivity index (χ0v) is 10.5. The number of benzene rings is 1. The molecule has 0 unspecified atom stereocenters. The van der Waals surface area contributed by atoms with Crippen molar-refractivity contribution in [1.29, 1.82) is 0 Å². The molecule has 1 fully saturated rings. The third kappa shape index (κ3) is 2.00. The molecule has 5 heteroatoms. The number of likely N-dealkylation sites (tertiary alicyclic amines) is 1. The number of aromatic amines is 1. The number of β-amino-alcohol motifs (C(OH)–C–C–N with tert-alkyl or cyclic N) is 1. The van der Waals surface area contributed by atoms with Crippen molar-refractivity contribution in [1.82, 2.24) is 9.88 Å². The van der Waals surface area contributed by atoms with Crippen LogP contribution in [0.5, 0.6) is 0 Å². The second-order valence-electron chi connectivity index (χ2n) is 4.74. The molecule has 2 N–H and O–H groups in total. The van der Waals surface area contributed by atoms with E-state index in [0.29, 0.717) is 18.1 Å². The first kappa shape index (κ1) is 12.0. The molecule has 96 valence electrons. The first-order chi connectivity index (χ1) is 8.65. The van der Waals surface area contributed by atoms with Crippen LogP contribution >= 0.6 is 11.6 Å². The molecule has 1 aliphatic heterocycles. The van der Waals surface area contributed by atoms with E-state index in [1.165, 1.54) is 0 Å². The Balaban J connectivity index is 1.85. The van der Waals surface area contributed by atoms with Crippen molar-refractivity contribution in [2.45, 2.75) is 18.8 Å². The van der Waals surface area contributed by atoms with Gasteiger partial charge in [-0.15, -0.1) is 0 Å². The summed E-state index contributed by atoms with van der Waals surface area (Å²) in [5.74, 6) is 0. The number of fused-ring (bicyclic) bond motifs is 1. The Hall–Kier alpha value is -1.10. The van der Waals surface area contributed by atoms with Crippen LogP contribution < -0.4 is 0 Å². The van der Waals surface area contributed by atoms with E-state index >= 15 is 0 Å². The molecule has 1 aromatic heterocycles. The SMILES string of the molecule is O[C@@H]1CN(Cc2[nH]c3ccccc3c2Cl)C[C@H]1F. The Morgan fingerprint density at radius 3 is 2.83 bits per heavy atom. The van der Waals surface area contributed by atoms with Crippen LogP contribution in [0.3, 0.4) is 0 Å². The Morgan fingerprint density at radius 2 is 2.17 bits per heavy atom. The minimum absolute atomic E-state index is 0.257. The summed E-state index contributed by atoms with van der Waals surface area (Å²) >= 11 is 6.29. The number of nitrogens with one attached hydrogen (secondary N) is 1. The highest BCUT2D eigenvalue weighted by molar-refractivity contribution is 6.36. The van der Waals surface area contributed by atoms with Gasteiger partial charge in [-0.2, -0.15) is 0 Å². The first-order valence-electron chi connectivity index (χ1n) is 5.94. The average Bonchev–Trinajstić information content (AvgIpc) is 2.83. The topological polar surface area (TPSA) is 39.3 Å². The predicted octanol–water partition coefficient (Wildman–Crippen LogP) is 2.34. The number of aliphatic hydroxyl groups is 1. The average molecular weight is 269 g/mol. The van der Waals surface area contributed by atoms with Gasteiger partial charge in [0, 0.05) is 36.2 Å². The third-order valence-corrected chi connectivity index (χ3v) is 3.82. The Bertz CT molecular complexity index is 561. The smallest absolute Gasteiger partial charge is 0.140 e. The number of hydrogen-bond donors (Lipinski definition) is 2. The molecule has 2 aromatic rings. The van der Waals surface area contributed by atoms with Gasteiger partial charge in [0.1, 0.15) is 6.17 Å². The Morgan fingerprint density at radius 1 is 1.39 bits per heavy atom. The second kappa shape index (κ2) is 4.53. The second-order valence-corrected chi connectivity index (χ2v) is 5.12. The predicted molar refractivity (Wildman–Crippen MR) is 69.5 cm³/mol. The van der Waals surface area contributed by atoms with Crippen LogP contribution in [0.2, 0.25) is 5.02 Å². The lowest BCUT2D eigenvalue weighted by atomic mass is 10.2. The number of aromatic nitrogens is 1.